The normalized spacial score (nSPS) is 14.3. The van der Waals surface area contributed by atoms with Crippen molar-refractivity contribution in [2.45, 2.75) is 83.8 Å². The van der Waals surface area contributed by atoms with Crippen molar-refractivity contribution in [3.63, 3.8) is 0 Å². The molecule has 1 aromatic carbocycles. The fourth-order valence-electron chi connectivity index (χ4n) is 4.34. The highest BCUT2D eigenvalue weighted by Crippen LogP contribution is 2.33. The maximum Gasteiger partial charge on any atom is 0.242 e. The number of rotatable bonds is 14. The molecule has 7 nitrogen and oxygen atoms in total. The van der Waals surface area contributed by atoms with E-state index in [2.05, 4.69) is 6.92 Å². The molecule has 0 N–H and O–H groups in total. The average Bonchev–Trinajstić information content (AvgIpc) is 3.34. The molecule has 1 aliphatic heterocycles. The third kappa shape index (κ3) is 6.78. The molecule has 0 atom stereocenters. The lowest BCUT2D eigenvalue weighted by Gasteiger charge is -2.27. The molecule has 2 aromatic rings. The summed E-state index contributed by atoms with van der Waals surface area (Å²) in [6.07, 6.45) is 11.0. The van der Waals surface area contributed by atoms with Gasteiger partial charge in [0.05, 0.1) is 12.8 Å². The third-order valence-electron chi connectivity index (χ3n) is 6.45. The van der Waals surface area contributed by atoms with Crippen LogP contribution in [0.3, 0.4) is 0 Å². The van der Waals surface area contributed by atoms with Crippen molar-refractivity contribution >= 4 is 11.8 Å². The molecule has 184 valence electrons. The molecule has 0 bridgehead atoms. The SMILES string of the molecule is CCCCCCCCC(=O)N(CC(=O)N(Cc1ccc2c(c1)OCO2)Cc1ccco1)C1CC1. The summed E-state index contributed by atoms with van der Waals surface area (Å²) in [5, 5.41) is 0. The number of unbranched alkanes of at least 4 members (excludes halogenated alkanes) is 5. The van der Waals surface area contributed by atoms with Crippen LogP contribution in [0.5, 0.6) is 11.5 Å². The maximum atomic E-state index is 13.4. The van der Waals surface area contributed by atoms with Gasteiger partial charge in [-0.25, -0.2) is 0 Å². The van der Waals surface area contributed by atoms with Crippen LogP contribution < -0.4 is 9.47 Å². The molecule has 2 aliphatic rings. The Bertz CT molecular complexity index is 939. The number of hydrogen-bond acceptors (Lipinski definition) is 5. The van der Waals surface area contributed by atoms with Gasteiger partial charge in [-0.05, 0) is 49.1 Å². The monoisotopic (exact) mass is 468 g/mol. The van der Waals surface area contributed by atoms with E-state index in [0.29, 0.717) is 36.8 Å². The fraction of sp³-hybridized carbons (Fsp3) is 0.556. The zero-order chi connectivity index (χ0) is 23.8. The van der Waals surface area contributed by atoms with Gasteiger partial charge in [-0.3, -0.25) is 9.59 Å². The molecule has 0 unspecified atom stereocenters. The molecular formula is C27H36N2O5. The first-order valence-electron chi connectivity index (χ1n) is 12.6. The molecule has 34 heavy (non-hydrogen) atoms. The molecule has 2 amide bonds. The molecule has 1 aromatic heterocycles. The van der Waals surface area contributed by atoms with Gasteiger partial charge in [0, 0.05) is 19.0 Å². The molecule has 1 fully saturated rings. The van der Waals surface area contributed by atoms with E-state index in [1.54, 1.807) is 11.2 Å². The van der Waals surface area contributed by atoms with Crippen LogP contribution in [0.4, 0.5) is 0 Å². The number of benzene rings is 1. The number of carbonyl (C=O) groups is 2. The van der Waals surface area contributed by atoms with Gasteiger partial charge >= 0.3 is 0 Å². The van der Waals surface area contributed by atoms with E-state index in [0.717, 1.165) is 31.2 Å². The van der Waals surface area contributed by atoms with Crippen molar-refractivity contribution < 1.29 is 23.5 Å². The molecular weight excluding hydrogens is 432 g/mol. The second kappa shape index (κ2) is 12.0. The average molecular weight is 469 g/mol. The van der Waals surface area contributed by atoms with E-state index in [1.807, 2.05) is 35.2 Å². The summed E-state index contributed by atoms with van der Waals surface area (Å²) in [6, 6.07) is 9.60. The molecule has 1 aliphatic carbocycles. The second-order valence-corrected chi connectivity index (χ2v) is 9.29. The minimum atomic E-state index is -0.0720. The summed E-state index contributed by atoms with van der Waals surface area (Å²) < 4.78 is 16.4. The molecule has 0 saturated heterocycles. The first kappa shape index (κ1) is 24.2. The minimum Gasteiger partial charge on any atom is -0.467 e. The molecule has 7 heteroatoms. The van der Waals surface area contributed by atoms with Gasteiger partial charge in [0.25, 0.3) is 0 Å². The Kier molecular flexibility index (Phi) is 8.50. The predicted octanol–water partition coefficient (Wildman–Crippen LogP) is 5.28. The summed E-state index contributed by atoms with van der Waals surface area (Å²) in [6.45, 7) is 3.29. The van der Waals surface area contributed by atoms with Gasteiger partial charge in [0.1, 0.15) is 12.3 Å². The predicted molar refractivity (Wildman–Crippen MR) is 128 cm³/mol. The van der Waals surface area contributed by atoms with E-state index in [4.69, 9.17) is 13.9 Å². The van der Waals surface area contributed by atoms with Gasteiger partial charge in [0.15, 0.2) is 11.5 Å². The van der Waals surface area contributed by atoms with E-state index in [9.17, 15) is 9.59 Å². The van der Waals surface area contributed by atoms with Crippen molar-refractivity contribution in [2.75, 3.05) is 13.3 Å². The van der Waals surface area contributed by atoms with Crippen LogP contribution in [0.1, 0.15) is 76.0 Å². The minimum absolute atomic E-state index is 0.0720. The molecule has 0 radical (unpaired) electrons. The summed E-state index contributed by atoms with van der Waals surface area (Å²) in [7, 11) is 0. The highest BCUT2D eigenvalue weighted by atomic mass is 16.7. The summed E-state index contributed by atoms with van der Waals surface area (Å²) in [5.74, 6) is 2.15. The Morgan fingerprint density at radius 3 is 2.50 bits per heavy atom. The number of carbonyl (C=O) groups excluding carboxylic acids is 2. The Hall–Kier alpha value is -2.96. The number of amides is 2. The number of fused-ring (bicyclic) bond motifs is 1. The number of furan rings is 1. The quantitative estimate of drug-likeness (QED) is 0.353. The van der Waals surface area contributed by atoms with Gasteiger partial charge in [-0.15, -0.1) is 0 Å². The highest BCUT2D eigenvalue weighted by molar-refractivity contribution is 5.85. The van der Waals surface area contributed by atoms with Crippen LogP contribution in [0.15, 0.2) is 41.0 Å². The first-order chi connectivity index (χ1) is 16.6. The van der Waals surface area contributed by atoms with E-state index < -0.39 is 0 Å². The van der Waals surface area contributed by atoms with E-state index in [-0.39, 0.29) is 31.2 Å². The van der Waals surface area contributed by atoms with Crippen molar-refractivity contribution in [1.29, 1.82) is 0 Å². The zero-order valence-corrected chi connectivity index (χ0v) is 20.2. The Balaban J connectivity index is 1.37. The lowest BCUT2D eigenvalue weighted by Crippen LogP contribution is -2.43. The van der Waals surface area contributed by atoms with E-state index >= 15 is 0 Å². The number of hydrogen-bond donors (Lipinski definition) is 0. The van der Waals surface area contributed by atoms with Gasteiger partial charge in [-0.1, -0.05) is 45.1 Å². The lowest BCUT2D eigenvalue weighted by atomic mass is 10.1. The molecule has 2 heterocycles. The zero-order valence-electron chi connectivity index (χ0n) is 20.2. The summed E-state index contributed by atoms with van der Waals surface area (Å²) >= 11 is 0. The van der Waals surface area contributed by atoms with E-state index in [1.165, 1.54) is 25.7 Å². The van der Waals surface area contributed by atoms with Crippen LogP contribution in [0.2, 0.25) is 0 Å². The van der Waals surface area contributed by atoms with Crippen LogP contribution in [0.25, 0.3) is 0 Å². The summed E-state index contributed by atoms with van der Waals surface area (Å²) in [4.78, 5) is 30.0. The van der Waals surface area contributed by atoms with Crippen molar-refractivity contribution in [3.8, 4) is 11.5 Å². The molecule has 1 saturated carbocycles. The van der Waals surface area contributed by atoms with Crippen molar-refractivity contribution in [2.24, 2.45) is 0 Å². The molecule has 4 rings (SSSR count). The van der Waals surface area contributed by atoms with Crippen molar-refractivity contribution in [3.05, 3.63) is 47.9 Å². The molecule has 0 spiro atoms. The van der Waals surface area contributed by atoms with Gasteiger partial charge < -0.3 is 23.7 Å². The standard InChI is InChI=1S/C27H36N2O5/c1-2-3-4-5-6-7-10-26(30)29(22-12-13-22)19-27(31)28(18-23-9-8-15-32-23)17-21-11-14-24-25(16-21)34-20-33-24/h8-9,11,14-16,22H,2-7,10,12-13,17-20H2,1H3. The second-order valence-electron chi connectivity index (χ2n) is 9.29. The smallest absolute Gasteiger partial charge is 0.242 e. The Labute approximate surface area is 202 Å². The van der Waals surface area contributed by atoms with Crippen LogP contribution >= 0.6 is 0 Å². The topological polar surface area (TPSA) is 72.2 Å². The van der Waals surface area contributed by atoms with Crippen LogP contribution in [-0.4, -0.2) is 41.0 Å². The number of ether oxygens (including phenoxy) is 2. The summed E-state index contributed by atoms with van der Waals surface area (Å²) in [5.41, 5.74) is 0.945. The first-order valence-corrected chi connectivity index (χ1v) is 12.6. The van der Waals surface area contributed by atoms with Gasteiger partial charge in [-0.2, -0.15) is 0 Å². The Morgan fingerprint density at radius 2 is 1.74 bits per heavy atom. The van der Waals surface area contributed by atoms with Crippen LogP contribution in [0, 0.1) is 0 Å². The fourth-order valence-corrected chi connectivity index (χ4v) is 4.34. The van der Waals surface area contributed by atoms with Crippen molar-refractivity contribution in [1.82, 2.24) is 9.80 Å². The van der Waals surface area contributed by atoms with Crippen LogP contribution in [-0.2, 0) is 22.7 Å². The third-order valence-corrected chi connectivity index (χ3v) is 6.45. The maximum absolute atomic E-state index is 13.4. The van der Waals surface area contributed by atoms with Gasteiger partial charge in [0.2, 0.25) is 18.6 Å². The largest absolute Gasteiger partial charge is 0.467 e. The highest BCUT2D eigenvalue weighted by Gasteiger charge is 2.34. The Morgan fingerprint density at radius 1 is 0.941 bits per heavy atom. The lowest BCUT2D eigenvalue weighted by molar-refractivity contribution is -0.142. The number of nitrogens with zero attached hydrogens (tertiary/aromatic N) is 2.